The van der Waals surface area contributed by atoms with Crippen LogP contribution in [-0.4, -0.2) is 24.5 Å². The topological polar surface area (TPSA) is 94.5 Å². The molecule has 0 fully saturated rings. The Morgan fingerprint density at radius 2 is 1.75 bits per heavy atom. The minimum atomic E-state index is 0.144. The molecule has 7 nitrogen and oxygen atoms in total. The van der Waals surface area contributed by atoms with E-state index in [-0.39, 0.29) is 5.95 Å². The first-order chi connectivity index (χ1) is 11.7. The van der Waals surface area contributed by atoms with Gasteiger partial charge in [0.15, 0.2) is 0 Å². The third-order valence-corrected chi connectivity index (χ3v) is 4.13. The second-order valence-electron chi connectivity index (χ2n) is 5.05. The molecule has 0 amide bonds. The van der Waals surface area contributed by atoms with Gasteiger partial charge in [0.25, 0.3) is 0 Å². The van der Waals surface area contributed by atoms with Crippen molar-refractivity contribution in [2.75, 3.05) is 11.1 Å². The highest BCUT2D eigenvalue weighted by molar-refractivity contribution is 14.1. The summed E-state index contributed by atoms with van der Waals surface area (Å²) in [5.74, 6) is 0.950. The van der Waals surface area contributed by atoms with Crippen LogP contribution >= 0.6 is 22.6 Å². The maximum Gasteiger partial charge on any atom is 0.242 e. The molecule has 0 atom stereocenters. The van der Waals surface area contributed by atoms with Crippen molar-refractivity contribution in [3.05, 3.63) is 58.4 Å². The molecule has 2 heterocycles. The fourth-order valence-corrected chi connectivity index (χ4v) is 2.68. The molecule has 0 radical (unpaired) electrons. The number of anilines is 3. The van der Waals surface area contributed by atoms with Crippen molar-refractivity contribution in [3.63, 3.8) is 0 Å². The van der Waals surface area contributed by atoms with Crippen LogP contribution in [0, 0.1) is 3.57 Å². The summed E-state index contributed by atoms with van der Waals surface area (Å²) in [5.41, 5.74) is 8.50. The van der Waals surface area contributed by atoms with Gasteiger partial charge in [-0.25, -0.2) is 4.98 Å². The number of nitrogen functional groups attached to an aromatic ring is 1. The van der Waals surface area contributed by atoms with Crippen LogP contribution in [0.15, 0.2) is 54.9 Å². The Morgan fingerprint density at radius 1 is 0.958 bits per heavy atom. The number of rotatable bonds is 3. The van der Waals surface area contributed by atoms with Crippen molar-refractivity contribution in [3.8, 4) is 5.95 Å². The highest BCUT2D eigenvalue weighted by Crippen LogP contribution is 2.19. The van der Waals surface area contributed by atoms with Crippen molar-refractivity contribution in [2.45, 2.75) is 0 Å². The second-order valence-corrected chi connectivity index (χ2v) is 6.30. The largest absolute Gasteiger partial charge is 0.368 e. The number of para-hydroxylation sites is 2. The van der Waals surface area contributed by atoms with Crippen LogP contribution in [0.25, 0.3) is 17.0 Å². The molecule has 4 rings (SSSR count). The molecule has 0 aliphatic rings. The zero-order chi connectivity index (χ0) is 16.5. The van der Waals surface area contributed by atoms with Crippen LogP contribution in [0.4, 0.5) is 17.6 Å². The van der Waals surface area contributed by atoms with E-state index in [9.17, 15) is 0 Å². The van der Waals surface area contributed by atoms with Crippen molar-refractivity contribution < 1.29 is 0 Å². The molecule has 0 saturated heterocycles. The predicted molar refractivity (Wildman–Crippen MR) is 101 cm³/mol. The molecule has 0 unspecified atom stereocenters. The molecule has 0 saturated carbocycles. The van der Waals surface area contributed by atoms with Gasteiger partial charge in [-0.15, -0.1) is 0 Å². The SMILES string of the molecule is Nc1nc(Nc2ccc(I)cc2)nc(-n2cnc3ccccc32)n1. The molecule has 0 spiro atoms. The maximum absolute atomic E-state index is 5.85. The lowest BCUT2D eigenvalue weighted by atomic mass is 10.3. The van der Waals surface area contributed by atoms with Gasteiger partial charge in [-0.3, -0.25) is 4.57 Å². The fraction of sp³-hybridized carbons (Fsp3) is 0. The predicted octanol–water partition coefficient (Wildman–Crippen LogP) is 3.14. The molecule has 0 bridgehead atoms. The number of hydrogen-bond donors (Lipinski definition) is 2. The number of hydrogen-bond acceptors (Lipinski definition) is 6. The van der Waals surface area contributed by atoms with Gasteiger partial charge < -0.3 is 11.1 Å². The van der Waals surface area contributed by atoms with Crippen LogP contribution in [0.2, 0.25) is 0 Å². The first kappa shape index (κ1) is 14.8. The van der Waals surface area contributed by atoms with Crippen molar-refractivity contribution >= 4 is 51.2 Å². The number of nitrogens with zero attached hydrogens (tertiary/aromatic N) is 5. The lowest BCUT2D eigenvalue weighted by Crippen LogP contribution is -2.08. The highest BCUT2D eigenvalue weighted by atomic mass is 127. The quantitative estimate of drug-likeness (QED) is 0.486. The van der Waals surface area contributed by atoms with Gasteiger partial charge in [0.05, 0.1) is 11.0 Å². The van der Waals surface area contributed by atoms with E-state index in [4.69, 9.17) is 5.73 Å². The Hall–Kier alpha value is -2.75. The Balaban J connectivity index is 1.74. The number of fused-ring (bicyclic) bond motifs is 1. The molecular formula is C16H12IN7. The Morgan fingerprint density at radius 3 is 2.58 bits per heavy atom. The van der Waals surface area contributed by atoms with Crippen molar-refractivity contribution in [2.24, 2.45) is 0 Å². The number of benzene rings is 2. The van der Waals surface area contributed by atoms with E-state index in [0.29, 0.717) is 11.9 Å². The first-order valence-corrected chi connectivity index (χ1v) is 8.23. The van der Waals surface area contributed by atoms with Gasteiger partial charge >= 0.3 is 0 Å². The maximum atomic E-state index is 5.85. The van der Waals surface area contributed by atoms with E-state index in [1.54, 1.807) is 10.9 Å². The van der Waals surface area contributed by atoms with E-state index in [1.807, 2.05) is 48.5 Å². The summed E-state index contributed by atoms with van der Waals surface area (Å²) in [5, 5.41) is 3.14. The van der Waals surface area contributed by atoms with Gasteiger partial charge in [0.2, 0.25) is 17.8 Å². The van der Waals surface area contributed by atoms with Gasteiger partial charge in [-0.05, 0) is 59.0 Å². The van der Waals surface area contributed by atoms with E-state index in [1.165, 1.54) is 0 Å². The van der Waals surface area contributed by atoms with Crippen LogP contribution < -0.4 is 11.1 Å². The van der Waals surface area contributed by atoms with Crippen LogP contribution in [0.3, 0.4) is 0 Å². The third kappa shape index (κ3) is 2.87. The average Bonchev–Trinajstić information content (AvgIpc) is 3.01. The minimum absolute atomic E-state index is 0.144. The molecule has 4 aromatic rings. The van der Waals surface area contributed by atoms with Crippen molar-refractivity contribution in [1.29, 1.82) is 0 Å². The van der Waals surface area contributed by atoms with Gasteiger partial charge in [-0.1, -0.05) is 12.1 Å². The zero-order valence-electron chi connectivity index (χ0n) is 12.4. The smallest absolute Gasteiger partial charge is 0.242 e. The molecule has 2 aromatic heterocycles. The average molecular weight is 429 g/mol. The van der Waals surface area contributed by atoms with Crippen LogP contribution in [0.5, 0.6) is 0 Å². The summed E-state index contributed by atoms with van der Waals surface area (Å²) in [6, 6.07) is 15.7. The number of aromatic nitrogens is 5. The van der Waals surface area contributed by atoms with Crippen LogP contribution in [0.1, 0.15) is 0 Å². The molecule has 8 heteroatoms. The minimum Gasteiger partial charge on any atom is -0.368 e. The third-order valence-electron chi connectivity index (χ3n) is 3.41. The van der Waals surface area contributed by atoms with E-state index in [0.717, 1.165) is 20.3 Å². The monoisotopic (exact) mass is 429 g/mol. The van der Waals surface area contributed by atoms with Crippen LogP contribution in [-0.2, 0) is 0 Å². The molecule has 118 valence electrons. The number of nitrogens with two attached hydrogens (primary N) is 1. The molecule has 0 aliphatic carbocycles. The summed E-state index contributed by atoms with van der Waals surface area (Å²) in [4.78, 5) is 17.2. The number of halogens is 1. The normalized spacial score (nSPS) is 10.9. The van der Waals surface area contributed by atoms with Gasteiger partial charge in [0, 0.05) is 9.26 Å². The molecular weight excluding hydrogens is 417 g/mol. The fourth-order valence-electron chi connectivity index (χ4n) is 2.33. The second kappa shape index (κ2) is 6.04. The lowest BCUT2D eigenvalue weighted by molar-refractivity contribution is 0.926. The lowest BCUT2D eigenvalue weighted by Gasteiger charge is -2.08. The summed E-state index contributed by atoms with van der Waals surface area (Å²) >= 11 is 2.25. The van der Waals surface area contributed by atoms with Crippen molar-refractivity contribution in [1.82, 2.24) is 24.5 Å². The number of nitrogens with one attached hydrogen (secondary N) is 1. The summed E-state index contributed by atoms with van der Waals surface area (Å²) in [6.07, 6.45) is 1.67. The highest BCUT2D eigenvalue weighted by Gasteiger charge is 2.10. The molecule has 0 aliphatic heterocycles. The summed E-state index contributed by atoms with van der Waals surface area (Å²) in [7, 11) is 0. The first-order valence-electron chi connectivity index (χ1n) is 7.16. The summed E-state index contributed by atoms with van der Waals surface area (Å²) < 4.78 is 2.94. The Bertz CT molecular complexity index is 1010. The van der Waals surface area contributed by atoms with Gasteiger partial charge in [-0.2, -0.15) is 15.0 Å². The molecule has 3 N–H and O–H groups in total. The van der Waals surface area contributed by atoms with E-state index >= 15 is 0 Å². The zero-order valence-corrected chi connectivity index (χ0v) is 14.5. The van der Waals surface area contributed by atoms with Gasteiger partial charge in [0.1, 0.15) is 6.33 Å². The molecule has 2 aromatic carbocycles. The molecule has 24 heavy (non-hydrogen) atoms. The standard InChI is InChI=1S/C16H12IN7/c17-10-5-7-11(8-6-10)20-15-21-14(18)22-16(23-15)24-9-19-12-3-1-2-4-13(12)24/h1-9H,(H3,18,20,21,22,23). The Kier molecular flexibility index (Phi) is 3.73. The van der Waals surface area contributed by atoms with E-state index < -0.39 is 0 Å². The summed E-state index contributed by atoms with van der Waals surface area (Å²) in [6.45, 7) is 0. The number of imidazole rings is 1. The van der Waals surface area contributed by atoms with E-state index in [2.05, 4.69) is 47.8 Å². The Labute approximate surface area is 151 Å².